The van der Waals surface area contributed by atoms with Gasteiger partial charge in [0.25, 0.3) is 0 Å². The van der Waals surface area contributed by atoms with E-state index in [0.717, 1.165) is 16.5 Å². The van der Waals surface area contributed by atoms with E-state index in [-0.39, 0.29) is 11.7 Å². The van der Waals surface area contributed by atoms with Gasteiger partial charge in [-0.3, -0.25) is 4.79 Å². The Labute approximate surface area is 205 Å². The second kappa shape index (κ2) is 8.96. The summed E-state index contributed by atoms with van der Waals surface area (Å²) in [6.07, 6.45) is -2.59. The number of ketones is 1. The minimum Gasteiger partial charge on any atom is -0.445 e. The van der Waals surface area contributed by atoms with Crippen LogP contribution in [-0.4, -0.2) is 68.8 Å². The third kappa shape index (κ3) is 4.00. The zero-order valence-electron chi connectivity index (χ0n) is 18.1. The SMILES string of the molecule is CC(=O)c1ccc2c(C3=N[C@H]4[C@@H](O3)O[C@H](CO)[C@@H](O)[C@@H]4O)cn(Cc3ccc(Cl)c(Cl)c3)c2c1. The molecule has 1 aromatic heterocycles. The second-order valence-electron chi connectivity index (χ2n) is 8.46. The number of aliphatic hydroxyl groups excluding tert-OH is 3. The van der Waals surface area contributed by atoms with Crippen LogP contribution in [0.25, 0.3) is 10.9 Å². The zero-order valence-corrected chi connectivity index (χ0v) is 19.6. The molecule has 0 amide bonds. The molecule has 0 aliphatic carbocycles. The number of carbonyl (C=O) groups is 1. The van der Waals surface area contributed by atoms with Gasteiger partial charge in [-0.2, -0.15) is 0 Å². The molecule has 0 bridgehead atoms. The summed E-state index contributed by atoms with van der Waals surface area (Å²) in [4.78, 5) is 16.5. The number of aromatic nitrogens is 1. The molecular formula is C24H22Cl2N2O6. The van der Waals surface area contributed by atoms with Gasteiger partial charge in [0.05, 0.1) is 22.2 Å². The van der Waals surface area contributed by atoms with E-state index >= 15 is 0 Å². The van der Waals surface area contributed by atoms with Gasteiger partial charge in [0, 0.05) is 29.2 Å². The van der Waals surface area contributed by atoms with Crippen molar-refractivity contribution in [1.29, 1.82) is 0 Å². The maximum Gasteiger partial charge on any atom is 0.227 e. The molecule has 2 aliphatic heterocycles. The number of hydrogen-bond donors (Lipinski definition) is 3. The van der Waals surface area contributed by atoms with Gasteiger partial charge in [-0.05, 0) is 30.7 Å². The molecule has 2 aromatic carbocycles. The first kappa shape index (κ1) is 23.3. The van der Waals surface area contributed by atoms with Crippen molar-refractivity contribution in [2.24, 2.45) is 4.99 Å². The summed E-state index contributed by atoms with van der Waals surface area (Å²) >= 11 is 12.2. The van der Waals surface area contributed by atoms with E-state index in [9.17, 15) is 20.1 Å². The fourth-order valence-corrected chi connectivity index (χ4v) is 4.68. The monoisotopic (exact) mass is 504 g/mol. The lowest BCUT2D eigenvalue weighted by atomic mass is 9.98. The van der Waals surface area contributed by atoms with Crippen LogP contribution in [0.5, 0.6) is 0 Å². The molecule has 5 atom stereocenters. The first-order valence-corrected chi connectivity index (χ1v) is 11.5. The van der Waals surface area contributed by atoms with Gasteiger partial charge in [0.1, 0.15) is 24.4 Å². The van der Waals surface area contributed by atoms with Crippen LogP contribution in [0.3, 0.4) is 0 Å². The van der Waals surface area contributed by atoms with Crippen molar-refractivity contribution in [3.8, 4) is 0 Å². The predicted octanol–water partition coefficient (Wildman–Crippen LogP) is 2.78. The molecule has 0 radical (unpaired) electrons. The molecule has 2 aliphatic rings. The van der Waals surface area contributed by atoms with Crippen LogP contribution in [0.1, 0.15) is 28.4 Å². The maximum atomic E-state index is 12.0. The smallest absolute Gasteiger partial charge is 0.227 e. The lowest BCUT2D eigenvalue weighted by Gasteiger charge is -2.36. The van der Waals surface area contributed by atoms with Crippen LogP contribution in [-0.2, 0) is 16.0 Å². The summed E-state index contributed by atoms with van der Waals surface area (Å²) in [6, 6.07) is 9.90. The van der Waals surface area contributed by atoms with E-state index < -0.39 is 37.3 Å². The molecule has 0 saturated carbocycles. The Bertz CT molecular complexity index is 1310. The first-order chi connectivity index (χ1) is 16.3. The number of carbonyl (C=O) groups excluding carboxylic acids is 1. The van der Waals surface area contributed by atoms with E-state index in [1.807, 2.05) is 22.9 Å². The van der Waals surface area contributed by atoms with Gasteiger partial charge in [-0.1, -0.05) is 41.4 Å². The average molecular weight is 505 g/mol. The highest BCUT2D eigenvalue weighted by molar-refractivity contribution is 6.42. The average Bonchev–Trinajstić information content (AvgIpc) is 3.40. The Balaban J connectivity index is 1.57. The largest absolute Gasteiger partial charge is 0.445 e. The van der Waals surface area contributed by atoms with Crippen molar-refractivity contribution < 1.29 is 29.6 Å². The highest BCUT2D eigenvalue weighted by atomic mass is 35.5. The van der Waals surface area contributed by atoms with E-state index in [0.29, 0.717) is 27.7 Å². The summed E-state index contributed by atoms with van der Waals surface area (Å²) in [5.74, 6) is 0.181. The predicted molar refractivity (Wildman–Crippen MR) is 127 cm³/mol. The van der Waals surface area contributed by atoms with Gasteiger partial charge >= 0.3 is 0 Å². The maximum absolute atomic E-state index is 12.0. The summed E-state index contributed by atoms with van der Waals surface area (Å²) in [6.45, 7) is 1.49. The number of rotatable bonds is 5. The van der Waals surface area contributed by atoms with Crippen LogP contribution in [0.2, 0.25) is 10.0 Å². The zero-order chi connectivity index (χ0) is 24.1. The minimum absolute atomic E-state index is 0.0632. The fraction of sp³-hybridized carbons (Fsp3) is 0.333. The molecule has 8 nitrogen and oxygen atoms in total. The normalized spacial score (nSPS) is 26.3. The van der Waals surface area contributed by atoms with Crippen molar-refractivity contribution in [3.05, 3.63) is 69.3 Å². The molecule has 0 spiro atoms. The standard InChI is InChI=1S/C24H22Cl2N2O6/c1-11(30)13-3-4-14-15(23-27-20-22(32)21(31)19(10-29)33-24(20)34-23)9-28(18(14)7-13)8-12-2-5-16(25)17(26)6-12/h2-7,9,19-22,24,29,31-32H,8,10H2,1H3/t19-,20-,21-,22-,24-/m1/s1. The second-order valence-corrected chi connectivity index (χ2v) is 9.27. The van der Waals surface area contributed by atoms with Crippen LogP contribution in [0.15, 0.2) is 47.6 Å². The molecule has 5 rings (SSSR count). The Hall–Kier alpha value is -2.46. The molecule has 1 fully saturated rings. The van der Waals surface area contributed by atoms with E-state index in [4.69, 9.17) is 32.7 Å². The Kier molecular flexibility index (Phi) is 6.14. The molecule has 3 N–H and O–H groups in total. The summed E-state index contributed by atoms with van der Waals surface area (Å²) in [5.41, 5.74) is 2.89. The van der Waals surface area contributed by atoms with Crippen molar-refractivity contribution >= 4 is 45.8 Å². The van der Waals surface area contributed by atoms with Crippen LogP contribution in [0, 0.1) is 0 Å². The molecule has 10 heteroatoms. The molecule has 0 unspecified atom stereocenters. The molecule has 1 saturated heterocycles. The minimum atomic E-state index is -1.29. The van der Waals surface area contributed by atoms with Gasteiger partial charge in [0.2, 0.25) is 12.2 Å². The molecule has 178 valence electrons. The van der Waals surface area contributed by atoms with Gasteiger partial charge in [0.15, 0.2) is 5.78 Å². The summed E-state index contributed by atoms with van der Waals surface area (Å²) in [5, 5.41) is 31.8. The quantitative estimate of drug-likeness (QED) is 0.460. The van der Waals surface area contributed by atoms with Crippen molar-refractivity contribution in [2.45, 2.75) is 44.1 Å². The molecular weight excluding hydrogens is 483 g/mol. The first-order valence-electron chi connectivity index (χ1n) is 10.7. The van der Waals surface area contributed by atoms with Crippen LogP contribution < -0.4 is 0 Å². The Morgan fingerprint density at radius 3 is 2.62 bits per heavy atom. The van der Waals surface area contributed by atoms with E-state index in [2.05, 4.69) is 4.99 Å². The fourth-order valence-electron chi connectivity index (χ4n) is 4.36. The highest BCUT2D eigenvalue weighted by Gasteiger charge is 2.49. The number of halogens is 2. The number of ether oxygens (including phenoxy) is 2. The topological polar surface area (TPSA) is 114 Å². The van der Waals surface area contributed by atoms with Gasteiger partial charge in [-0.15, -0.1) is 0 Å². The van der Waals surface area contributed by atoms with Gasteiger partial charge < -0.3 is 29.4 Å². The summed E-state index contributed by atoms with van der Waals surface area (Å²) < 4.78 is 13.5. The number of Topliss-reactive ketones (excluding diaryl/α,β-unsaturated/α-hetero) is 1. The number of fused-ring (bicyclic) bond motifs is 2. The van der Waals surface area contributed by atoms with Crippen LogP contribution >= 0.6 is 23.2 Å². The Morgan fingerprint density at radius 2 is 1.91 bits per heavy atom. The number of benzene rings is 2. The Morgan fingerprint density at radius 1 is 1.12 bits per heavy atom. The van der Waals surface area contributed by atoms with Gasteiger partial charge in [-0.25, -0.2) is 4.99 Å². The van der Waals surface area contributed by atoms with Crippen molar-refractivity contribution in [2.75, 3.05) is 6.61 Å². The number of hydrogen-bond acceptors (Lipinski definition) is 7. The van der Waals surface area contributed by atoms with Crippen molar-refractivity contribution in [1.82, 2.24) is 4.57 Å². The highest BCUT2D eigenvalue weighted by Crippen LogP contribution is 2.33. The molecule has 3 aromatic rings. The number of nitrogens with zero attached hydrogens (tertiary/aromatic N) is 2. The summed E-state index contributed by atoms with van der Waals surface area (Å²) in [7, 11) is 0. The molecule has 3 heterocycles. The van der Waals surface area contributed by atoms with Crippen molar-refractivity contribution in [3.63, 3.8) is 0 Å². The third-order valence-corrected chi connectivity index (χ3v) is 6.94. The van der Waals surface area contributed by atoms with Crippen LogP contribution in [0.4, 0.5) is 0 Å². The number of aliphatic imine (C=N–C) groups is 1. The third-order valence-electron chi connectivity index (χ3n) is 6.20. The number of aliphatic hydroxyl groups is 3. The lowest BCUT2D eigenvalue weighted by Crippen LogP contribution is -2.56. The van der Waals surface area contributed by atoms with E-state index in [1.165, 1.54) is 6.92 Å². The lowest BCUT2D eigenvalue weighted by molar-refractivity contribution is -0.234. The van der Waals surface area contributed by atoms with E-state index in [1.54, 1.807) is 24.3 Å². The molecule has 34 heavy (non-hydrogen) atoms.